The molecule has 0 saturated carbocycles. The molecular formula is C18H15BrClNO2. The molecule has 0 aliphatic heterocycles. The third-order valence-electron chi connectivity index (χ3n) is 3.30. The number of rotatable bonds is 4. The zero-order valence-electron chi connectivity index (χ0n) is 12.6. The van der Waals surface area contributed by atoms with Crippen LogP contribution in [0.25, 0.3) is 11.0 Å². The Hall–Kier alpha value is -1.62. The Kier molecular flexibility index (Phi) is 5.16. The van der Waals surface area contributed by atoms with Crippen molar-refractivity contribution in [1.82, 2.24) is 0 Å². The van der Waals surface area contributed by atoms with Crippen LogP contribution in [0, 0.1) is 0 Å². The van der Waals surface area contributed by atoms with Gasteiger partial charge in [0, 0.05) is 27.1 Å². The molecule has 1 heterocycles. The first-order chi connectivity index (χ1) is 11.2. The number of nitrogens with zero attached hydrogens (tertiary/aromatic N) is 1. The van der Waals surface area contributed by atoms with Crippen LogP contribution in [0.5, 0.6) is 0 Å². The average molecular weight is 393 g/mol. The van der Waals surface area contributed by atoms with Gasteiger partial charge in [0.25, 0.3) is 0 Å². The van der Waals surface area contributed by atoms with Crippen molar-refractivity contribution in [2.75, 3.05) is 6.61 Å². The Morgan fingerprint density at radius 1 is 1.13 bits per heavy atom. The van der Waals surface area contributed by atoms with Crippen molar-refractivity contribution in [2.45, 2.75) is 13.5 Å². The molecule has 118 valence electrons. The largest absolute Gasteiger partial charge is 0.438 e. The maximum Gasteiger partial charge on any atom is 0.225 e. The number of ether oxygens (including phenoxy) is 1. The van der Waals surface area contributed by atoms with E-state index in [0.29, 0.717) is 23.8 Å². The summed E-state index contributed by atoms with van der Waals surface area (Å²) in [5.74, 6) is 0. The van der Waals surface area contributed by atoms with E-state index in [2.05, 4.69) is 20.9 Å². The van der Waals surface area contributed by atoms with Crippen LogP contribution in [0.1, 0.15) is 12.5 Å². The van der Waals surface area contributed by atoms with E-state index < -0.39 is 0 Å². The SMILES string of the molecule is CCOCc1cc2cc(Br)ccc2oc1=Nc1ccc(Cl)cc1. The Labute approximate surface area is 147 Å². The van der Waals surface area contributed by atoms with Gasteiger partial charge in [0.05, 0.1) is 12.3 Å². The van der Waals surface area contributed by atoms with E-state index in [0.717, 1.165) is 26.7 Å². The summed E-state index contributed by atoms with van der Waals surface area (Å²) in [5.41, 5.74) is 3.02. The van der Waals surface area contributed by atoms with Gasteiger partial charge in [0.1, 0.15) is 5.58 Å². The van der Waals surface area contributed by atoms with Crippen molar-refractivity contribution in [3.63, 3.8) is 0 Å². The summed E-state index contributed by atoms with van der Waals surface area (Å²) in [6.07, 6.45) is 0. The summed E-state index contributed by atoms with van der Waals surface area (Å²) < 4.78 is 12.5. The molecule has 0 spiro atoms. The Morgan fingerprint density at radius 2 is 1.91 bits per heavy atom. The highest BCUT2D eigenvalue weighted by Gasteiger charge is 2.05. The fourth-order valence-electron chi connectivity index (χ4n) is 2.19. The molecule has 23 heavy (non-hydrogen) atoms. The van der Waals surface area contributed by atoms with Crippen LogP contribution in [0.2, 0.25) is 5.02 Å². The predicted octanol–water partition coefficient (Wildman–Crippen LogP) is 5.62. The molecular weight excluding hydrogens is 378 g/mol. The lowest BCUT2D eigenvalue weighted by atomic mass is 10.2. The first-order valence-electron chi connectivity index (χ1n) is 7.26. The molecule has 1 aromatic heterocycles. The Balaban J connectivity index is 2.15. The molecule has 0 saturated heterocycles. The van der Waals surface area contributed by atoms with Crippen molar-refractivity contribution < 1.29 is 9.15 Å². The minimum absolute atomic E-state index is 0.453. The van der Waals surface area contributed by atoms with Gasteiger partial charge in [-0.1, -0.05) is 27.5 Å². The van der Waals surface area contributed by atoms with Crippen LogP contribution < -0.4 is 5.55 Å². The third kappa shape index (κ3) is 4.02. The zero-order valence-corrected chi connectivity index (χ0v) is 14.9. The van der Waals surface area contributed by atoms with Gasteiger partial charge < -0.3 is 9.15 Å². The van der Waals surface area contributed by atoms with Crippen LogP contribution in [0.4, 0.5) is 5.69 Å². The number of hydrogen-bond acceptors (Lipinski definition) is 3. The molecule has 2 aromatic carbocycles. The van der Waals surface area contributed by atoms with Crippen LogP contribution >= 0.6 is 27.5 Å². The first kappa shape index (κ1) is 16.2. The van der Waals surface area contributed by atoms with Gasteiger partial charge in [0.2, 0.25) is 5.55 Å². The van der Waals surface area contributed by atoms with Crippen molar-refractivity contribution in [3.05, 3.63) is 69.1 Å². The number of benzene rings is 2. The maximum atomic E-state index is 5.98. The van der Waals surface area contributed by atoms with Gasteiger partial charge in [-0.2, -0.15) is 0 Å². The molecule has 0 amide bonds. The third-order valence-corrected chi connectivity index (χ3v) is 4.05. The Bertz CT molecular complexity index is 888. The summed E-state index contributed by atoms with van der Waals surface area (Å²) in [5, 5.41) is 1.68. The Morgan fingerprint density at radius 3 is 2.65 bits per heavy atom. The summed E-state index contributed by atoms with van der Waals surface area (Å²) in [6.45, 7) is 3.05. The highest BCUT2D eigenvalue weighted by molar-refractivity contribution is 9.10. The smallest absolute Gasteiger partial charge is 0.225 e. The summed E-state index contributed by atoms with van der Waals surface area (Å²) in [4.78, 5) is 4.59. The monoisotopic (exact) mass is 391 g/mol. The van der Waals surface area contributed by atoms with Crippen LogP contribution in [-0.2, 0) is 11.3 Å². The summed E-state index contributed by atoms with van der Waals surface area (Å²) >= 11 is 9.40. The average Bonchev–Trinajstić information content (AvgIpc) is 2.55. The lowest BCUT2D eigenvalue weighted by Gasteiger charge is -2.05. The summed E-state index contributed by atoms with van der Waals surface area (Å²) in [7, 11) is 0. The van der Waals surface area contributed by atoms with Crippen molar-refractivity contribution in [1.29, 1.82) is 0 Å². The lowest BCUT2D eigenvalue weighted by Crippen LogP contribution is -2.10. The van der Waals surface area contributed by atoms with E-state index in [1.807, 2.05) is 43.3 Å². The molecule has 0 fully saturated rings. The molecule has 3 aromatic rings. The minimum Gasteiger partial charge on any atom is -0.438 e. The molecule has 0 bridgehead atoms. The maximum absolute atomic E-state index is 5.98. The number of fused-ring (bicyclic) bond motifs is 1. The predicted molar refractivity (Wildman–Crippen MR) is 95.9 cm³/mol. The van der Waals surface area contributed by atoms with E-state index in [1.165, 1.54) is 0 Å². The van der Waals surface area contributed by atoms with Crippen LogP contribution in [0.3, 0.4) is 0 Å². The molecule has 0 aliphatic rings. The summed E-state index contributed by atoms with van der Waals surface area (Å²) in [6, 6.07) is 15.3. The second-order valence-corrected chi connectivity index (χ2v) is 6.34. The molecule has 0 N–H and O–H groups in total. The highest BCUT2D eigenvalue weighted by Crippen LogP contribution is 2.21. The number of halogens is 2. The van der Waals surface area contributed by atoms with Crippen molar-refractivity contribution >= 4 is 44.2 Å². The van der Waals surface area contributed by atoms with E-state index in [-0.39, 0.29) is 0 Å². The standard InChI is InChI=1S/C18H15BrClNO2/c1-2-22-11-13-9-12-10-14(19)3-8-17(12)23-18(13)21-16-6-4-15(20)5-7-16/h3-10H,2,11H2,1H3. The van der Waals surface area contributed by atoms with Crippen LogP contribution in [0.15, 0.2) is 62.4 Å². The molecule has 0 radical (unpaired) electrons. The van der Waals surface area contributed by atoms with Crippen molar-refractivity contribution in [2.24, 2.45) is 4.99 Å². The lowest BCUT2D eigenvalue weighted by molar-refractivity contribution is 0.131. The van der Waals surface area contributed by atoms with E-state index in [4.69, 9.17) is 20.8 Å². The topological polar surface area (TPSA) is 34.7 Å². The van der Waals surface area contributed by atoms with Gasteiger partial charge in [-0.15, -0.1) is 0 Å². The van der Waals surface area contributed by atoms with Gasteiger partial charge in [-0.25, -0.2) is 4.99 Å². The quantitative estimate of drug-likeness (QED) is 0.578. The molecule has 5 heteroatoms. The van der Waals surface area contributed by atoms with Gasteiger partial charge in [0.15, 0.2) is 0 Å². The molecule has 3 rings (SSSR count). The molecule has 0 unspecified atom stereocenters. The normalized spacial score (nSPS) is 12.0. The highest BCUT2D eigenvalue weighted by atomic mass is 79.9. The second kappa shape index (κ2) is 7.30. The minimum atomic E-state index is 0.453. The molecule has 0 aliphatic carbocycles. The zero-order chi connectivity index (χ0) is 16.2. The second-order valence-electron chi connectivity index (χ2n) is 4.98. The molecule has 3 nitrogen and oxygen atoms in total. The van der Waals surface area contributed by atoms with E-state index >= 15 is 0 Å². The fourth-order valence-corrected chi connectivity index (χ4v) is 2.69. The van der Waals surface area contributed by atoms with E-state index in [1.54, 1.807) is 12.1 Å². The van der Waals surface area contributed by atoms with Crippen molar-refractivity contribution in [3.8, 4) is 0 Å². The van der Waals surface area contributed by atoms with Gasteiger partial charge >= 0.3 is 0 Å². The van der Waals surface area contributed by atoms with Crippen LogP contribution in [-0.4, -0.2) is 6.61 Å². The van der Waals surface area contributed by atoms with E-state index in [9.17, 15) is 0 Å². The first-order valence-corrected chi connectivity index (χ1v) is 8.43. The fraction of sp³-hybridized carbons (Fsp3) is 0.167. The van der Waals surface area contributed by atoms with Gasteiger partial charge in [-0.3, -0.25) is 0 Å². The number of hydrogen-bond donors (Lipinski definition) is 0. The van der Waals surface area contributed by atoms with Gasteiger partial charge in [-0.05, 0) is 55.5 Å². The molecule has 0 atom stereocenters.